The molecule has 18 heavy (non-hydrogen) atoms. The number of hydrogen-bond acceptors (Lipinski definition) is 2. The fourth-order valence-corrected chi connectivity index (χ4v) is 1.87. The van der Waals surface area contributed by atoms with Crippen LogP contribution in [0.4, 0.5) is 0 Å². The lowest BCUT2D eigenvalue weighted by Crippen LogP contribution is -1.91. The van der Waals surface area contributed by atoms with Gasteiger partial charge < -0.3 is 4.74 Å². The largest absolute Gasteiger partial charge is 0.455 e. The predicted octanol–water partition coefficient (Wildman–Crippen LogP) is 5.25. The van der Waals surface area contributed by atoms with Crippen molar-refractivity contribution in [2.75, 3.05) is 0 Å². The van der Waals surface area contributed by atoms with Gasteiger partial charge in [-0.05, 0) is 24.3 Å². The van der Waals surface area contributed by atoms with Crippen molar-refractivity contribution in [3.05, 3.63) is 57.0 Å². The van der Waals surface area contributed by atoms with Crippen LogP contribution in [0.5, 0.6) is 11.5 Å². The van der Waals surface area contributed by atoms with Gasteiger partial charge in [0, 0.05) is 11.1 Å². The van der Waals surface area contributed by atoms with Gasteiger partial charge in [-0.15, -0.1) is 0 Å². The van der Waals surface area contributed by atoms with Crippen LogP contribution >= 0.6 is 34.8 Å². The molecule has 5 heteroatoms. The topological polar surface area (TPSA) is 26.3 Å². The van der Waals surface area contributed by atoms with Crippen LogP contribution in [-0.4, -0.2) is 6.29 Å². The van der Waals surface area contributed by atoms with Crippen molar-refractivity contribution < 1.29 is 9.53 Å². The molecule has 0 spiro atoms. The summed E-state index contributed by atoms with van der Waals surface area (Å²) in [5, 5.41) is 1.13. The molecule has 0 aliphatic heterocycles. The van der Waals surface area contributed by atoms with Gasteiger partial charge in [0.15, 0.2) is 6.29 Å². The molecular weight excluding hydrogens is 294 g/mol. The van der Waals surface area contributed by atoms with Crippen molar-refractivity contribution in [3.8, 4) is 11.5 Å². The number of ether oxygens (including phenoxy) is 1. The van der Waals surface area contributed by atoms with Crippen molar-refractivity contribution in [3.63, 3.8) is 0 Å². The third kappa shape index (κ3) is 2.78. The summed E-state index contributed by atoms with van der Waals surface area (Å²) in [6, 6.07) is 9.73. The predicted molar refractivity (Wildman–Crippen MR) is 73.4 cm³/mol. The molecule has 0 N–H and O–H groups in total. The van der Waals surface area contributed by atoms with Crippen LogP contribution in [0.3, 0.4) is 0 Å². The van der Waals surface area contributed by atoms with Crippen LogP contribution in [0.1, 0.15) is 10.4 Å². The normalized spacial score (nSPS) is 10.2. The standard InChI is InChI=1S/C13H7Cl3O2/c14-9-5-4-8(7-17)12(6-9)18-11-3-1-2-10(15)13(11)16/h1-7H. The second-order valence-electron chi connectivity index (χ2n) is 3.45. The van der Waals surface area contributed by atoms with Crippen molar-refractivity contribution in [2.24, 2.45) is 0 Å². The molecule has 2 aromatic carbocycles. The summed E-state index contributed by atoms with van der Waals surface area (Å²) in [5.74, 6) is 0.705. The lowest BCUT2D eigenvalue weighted by atomic mass is 10.2. The Morgan fingerprint density at radius 3 is 2.50 bits per heavy atom. The van der Waals surface area contributed by atoms with Crippen molar-refractivity contribution >= 4 is 41.1 Å². The van der Waals surface area contributed by atoms with Gasteiger partial charge in [-0.2, -0.15) is 0 Å². The first-order valence-corrected chi connectivity index (χ1v) is 6.12. The second-order valence-corrected chi connectivity index (χ2v) is 4.68. The molecule has 2 rings (SSSR count). The van der Waals surface area contributed by atoms with Gasteiger partial charge in [0.2, 0.25) is 0 Å². The first-order chi connectivity index (χ1) is 8.61. The van der Waals surface area contributed by atoms with E-state index in [2.05, 4.69) is 0 Å². The molecule has 0 aromatic heterocycles. The van der Waals surface area contributed by atoms with Crippen molar-refractivity contribution in [2.45, 2.75) is 0 Å². The second kappa shape index (κ2) is 5.61. The molecule has 0 saturated carbocycles. The van der Waals surface area contributed by atoms with Gasteiger partial charge in [-0.25, -0.2) is 0 Å². The van der Waals surface area contributed by atoms with Crippen LogP contribution in [0, 0.1) is 0 Å². The van der Waals surface area contributed by atoms with Gasteiger partial charge in [-0.1, -0.05) is 40.9 Å². The maximum absolute atomic E-state index is 10.9. The molecule has 0 aliphatic carbocycles. The number of carbonyl (C=O) groups excluding carboxylic acids is 1. The number of hydrogen-bond donors (Lipinski definition) is 0. The highest BCUT2D eigenvalue weighted by Crippen LogP contribution is 2.36. The minimum atomic E-state index is 0.288. The molecule has 0 saturated heterocycles. The first kappa shape index (κ1) is 13.2. The fourth-order valence-electron chi connectivity index (χ4n) is 1.38. The Kier molecular flexibility index (Phi) is 4.12. The van der Waals surface area contributed by atoms with Crippen LogP contribution in [0.2, 0.25) is 15.1 Å². The lowest BCUT2D eigenvalue weighted by molar-refractivity contribution is 0.112. The van der Waals surface area contributed by atoms with E-state index in [-0.39, 0.29) is 5.02 Å². The zero-order chi connectivity index (χ0) is 13.1. The van der Waals surface area contributed by atoms with E-state index in [9.17, 15) is 4.79 Å². The number of carbonyl (C=O) groups is 1. The average Bonchev–Trinajstić information content (AvgIpc) is 2.35. The third-order valence-corrected chi connectivity index (χ3v) is 3.28. The van der Waals surface area contributed by atoms with Crippen molar-refractivity contribution in [1.29, 1.82) is 0 Å². The Balaban J connectivity index is 2.42. The molecule has 0 bridgehead atoms. The van der Waals surface area contributed by atoms with E-state index in [0.717, 1.165) is 0 Å². The molecule has 92 valence electrons. The average molecular weight is 302 g/mol. The summed E-state index contributed by atoms with van der Waals surface area (Å²) in [5.41, 5.74) is 0.385. The molecule has 0 aliphatic rings. The molecule has 0 fully saturated rings. The molecule has 0 atom stereocenters. The minimum absolute atomic E-state index is 0.288. The quantitative estimate of drug-likeness (QED) is 0.724. The van der Waals surface area contributed by atoms with Crippen LogP contribution < -0.4 is 4.74 Å². The van der Waals surface area contributed by atoms with E-state index in [1.165, 1.54) is 0 Å². The summed E-state index contributed by atoms with van der Waals surface area (Å²) in [7, 11) is 0. The zero-order valence-corrected chi connectivity index (χ0v) is 11.3. The molecule has 0 heterocycles. The zero-order valence-electron chi connectivity index (χ0n) is 8.99. The molecule has 0 amide bonds. The van der Waals surface area contributed by atoms with E-state index in [1.54, 1.807) is 36.4 Å². The Hall–Kier alpha value is -1.22. The highest BCUT2D eigenvalue weighted by atomic mass is 35.5. The molecule has 0 radical (unpaired) electrons. The highest BCUT2D eigenvalue weighted by molar-refractivity contribution is 6.42. The van der Waals surface area contributed by atoms with E-state index < -0.39 is 0 Å². The lowest BCUT2D eigenvalue weighted by Gasteiger charge is -2.10. The first-order valence-electron chi connectivity index (χ1n) is 4.98. The molecule has 0 unspecified atom stereocenters. The highest BCUT2D eigenvalue weighted by Gasteiger charge is 2.10. The maximum atomic E-state index is 10.9. The molecule has 2 nitrogen and oxygen atoms in total. The van der Waals surface area contributed by atoms with Crippen molar-refractivity contribution in [1.82, 2.24) is 0 Å². The number of aldehydes is 1. The summed E-state index contributed by atoms with van der Waals surface area (Å²) >= 11 is 17.7. The Morgan fingerprint density at radius 1 is 1.00 bits per heavy atom. The summed E-state index contributed by atoms with van der Waals surface area (Å²) in [4.78, 5) is 10.9. The monoisotopic (exact) mass is 300 g/mol. The Labute approximate surface area is 119 Å². The van der Waals surface area contributed by atoms with E-state index in [1.807, 2.05) is 0 Å². The number of rotatable bonds is 3. The van der Waals surface area contributed by atoms with Crippen LogP contribution in [-0.2, 0) is 0 Å². The summed E-state index contributed by atoms with van der Waals surface area (Å²) in [6.45, 7) is 0. The van der Waals surface area contributed by atoms with E-state index in [0.29, 0.717) is 33.4 Å². The SMILES string of the molecule is O=Cc1ccc(Cl)cc1Oc1cccc(Cl)c1Cl. The van der Waals surface area contributed by atoms with Gasteiger partial charge in [0.05, 0.1) is 10.6 Å². The third-order valence-electron chi connectivity index (χ3n) is 2.24. The summed E-state index contributed by atoms with van der Waals surface area (Å²) < 4.78 is 5.56. The van der Waals surface area contributed by atoms with Gasteiger partial charge in [-0.3, -0.25) is 4.79 Å². The van der Waals surface area contributed by atoms with Gasteiger partial charge >= 0.3 is 0 Å². The van der Waals surface area contributed by atoms with E-state index >= 15 is 0 Å². The summed E-state index contributed by atoms with van der Waals surface area (Å²) in [6.07, 6.45) is 0.685. The number of halogens is 3. The van der Waals surface area contributed by atoms with Crippen LogP contribution in [0.25, 0.3) is 0 Å². The Morgan fingerprint density at radius 2 is 1.78 bits per heavy atom. The van der Waals surface area contributed by atoms with Crippen LogP contribution in [0.15, 0.2) is 36.4 Å². The molecular formula is C13H7Cl3O2. The molecule has 2 aromatic rings. The number of benzene rings is 2. The Bertz CT molecular complexity index is 597. The smallest absolute Gasteiger partial charge is 0.153 e. The minimum Gasteiger partial charge on any atom is -0.455 e. The van der Waals surface area contributed by atoms with Gasteiger partial charge in [0.25, 0.3) is 0 Å². The maximum Gasteiger partial charge on any atom is 0.153 e. The fraction of sp³-hybridized carbons (Fsp3) is 0. The van der Waals surface area contributed by atoms with E-state index in [4.69, 9.17) is 39.5 Å². The van der Waals surface area contributed by atoms with Gasteiger partial charge in [0.1, 0.15) is 16.5 Å².